The average Bonchev–Trinajstić information content (AvgIpc) is 3.32. The number of imidazole rings is 1. The van der Waals surface area contributed by atoms with E-state index in [1.165, 1.54) is 12.8 Å². The number of nitrogens with one attached hydrogen (secondary N) is 1. The summed E-state index contributed by atoms with van der Waals surface area (Å²) >= 11 is 0. The van der Waals surface area contributed by atoms with Gasteiger partial charge in [-0.3, -0.25) is 9.69 Å². The maximum atomic E-state index is 12.9. The lowest BCUT2D eigenvalue weighted by atomic mass is 10.1. The molecule has 1 aliphatic carbocycles. The highest BCUT2D eigenvalue weighted by molar-refractivity contribution is 5.94. The first-order valence-corrected chi connectivity index (χ1v) is 9.47. The van der Waals surface area contributed by atoms with Gasteiger partial charge in [0.15, 0.2) is 0 Å². The Balaban J connectivity index is 1.42. The number of H-pyrrole nitrogens is 1. The summed E-state index contributed by atoms with van der Waals surface area (Å²) in [5.74, 6) is 0.906. The van der Waals surface area contributed by atoms with E-state index in [1.54, 1.807) is 12.5 Å². The highest BCUT2D eigenvalue weighted by atomic mass is 16.3. The number of hydrogen-bond donors (Lipinski definition) is 2. The third kappa shape index (κ3) is 3.81. The maximum Gasteiger partial charge on any atom is 0.253 e. The highest BCUT2D eigenvalue weighted by Crippen LogP contribution is 2.31. The molecule has 6 nitrogen and oxygen atoms in total. The van der Waals surface area contributed by atoms with Crippen LogP contribution in [0.1, 0.15) is 29.6 Å². The number of aromatic amines is 1. The summed E-state index contributed by atoms with van der Waals surface area (Å²) in [5, 5.41) is 9.41. The minimum Gasteiger partial charge on any atom is -0.396 e. The van der Waals surface area contributed by atoms with Gasteiger partial charge in [0.2, 0.25) is 0 Å². The van der Waals surface area contributed by atoms with Crippen molar-refractivity contribution in [2.75, 3.05) is 32.8 Å². The van der Waals surface area contributed by atoms with E-state index in [0.717, 1.165) is 43.2 Å². The fourth-order valence-corrected chi connectivity index (χ4v) is 3.76. The average molecular weight is 354 g/mol. The van der Waals surface area contributed by atoms with Crippen LogP contribution in [0, 0.1) is 5.92 Å². The van der Waals surface area contributed by atoms with Crippen molar-refractivity contribution in [3.8, 4) is 11.3 Å². The molecule has 1 aromatic heterocycles. The van der Waals surface area contributed by atoms with Crippen LogP contribution < -0.4 is 0 Å². The Morgan fingerprint density at radius 1 is 1.23 bits per heavy atom. The van der Waals surface area contributed by atoms with Gasteiger partial charge in [-0.05, 0) is 42.9 Å². The molecule has 1 aromatic carbocycles. The van der Waals surface area contributed by atoms with E-state index in [9.17, 15) is 9.90 Å². The van der Waals surface area contributed by atoms with Crippen molar-refractivity contribution in [3.05, 3.63) is 42.4 Å². The second-order valence-corrected chi connectivity index (χ2v) is 7.40. The Morgan fingerprint density at radius 2 is 2.04 bits per heavy atom. The first-order chi connectivity index (χ1) is 12.7. The number of carbonyl (C=O) groups is 1. The second-order valence-electron chi connectivity index (χ2n) is 7.40. The molecule has 2 fully saturated rings. The first kappa shape index (κ1) is 17.2. The molecule has 1 atom stereocenters. The van der Waals surface area contributed by atoms with Gasteiger partial charge in [0.05, 0.1) is 18.2 Å². The monoisotopic (exact) mass is 354 g/mol. The van der Waals surface area contributed by atoms with Crippen LogP contribution in [-0.2, 0) is 0 Å². The Hall–Kier alpha value is -2.18. The number of carbonyl (C=O) groups excluding carboxylic acids is 1. The summed E-state index contributed by atoms with van der Waals surface area (Å²) in [4.78, 5) is 24.4. The molecule has 4 rings (SSSR count). The van der Waals surface area contributed by atoms with Gasteiger partial charge in [0, 0.05) is 44.4 Å². The minimum absolute atomic E-state index is 0.0789. The van der Waals surface area contributed by atoms with E-state index in [4.69, 9.17) is 0 Å². The number of aliphatic hydroxyl groups excluding tert-OH is 1. The second kappa shape index (κ2) is 7.60. The van der Waals surface area contributed by atoms with E-state index in [2.05, 4.69) is 14.9 Å². The van der Waals surface area contributed by atoms with Crippen molar-refractivity contribution in [3.63, 3.8) is 0 Å². The molecule has 0 bridgehead atoms. The van der Waals surface area contributed by atoms with Gasteiger partial charge in [0.25, 0.3) is 5.91 Å². The van der Waals surface area contributed by atoms with Gasteiger partial charge in [-0.15, -0.1) is 0 Å². The quantitative estimate of drug-likeness (QED) is 0.832. The molecule has 138 valence electrons. The van der Waals surface area contributed by atoms with E-state index in [1.807, 2.05) is 29.2 Å². The van der Waals surface area contributed by atoms with Gasteiger partial charge in [-0.1, -0.05) is 12.1 Å². The van der Waals surface area contributed by atoms with Gasteiger partial charge >= 0.3 is 0 Å². The van der Waals surface area contributed by atoms with Crippen LogP contribution in [0.25, 0.3) is 11.3 Å². The van der Waals surface area contributed by atoms with Crippen LogP contribution in [0.2, 0.25) is 0 Å². The topological polar surface area (TPSA) is 72.5 Å². The van der Waals surface area contributed by atoms with E-state index in [0.29, 0.717) is 12.1 Å². The molecule has 0 spiro atoms. The van der Waals surface area contributed by atoms with Gasteiger partial charge in [-0.25, -0.2) is 4.98 Å². The van der Waals surface area contributed by atoms with Crippen LogP contribution in [-0.4, -0.2) is 69.6 Å². The number of aromatic nitrogens is 2. The predicted molar refractivity (Wildman–Crippen MR) is 99.7 cm³/mol. The summed E-state index contributed by atoms with van der Waals surface area (Å²) in [6.07, 6.45) is 6.81. The lowest BCUT2D eigenvalue weighted by Crippen LogP contribution is -2.55. The number of aliphatic hydroxyl groups is 1. The van der Waals surface area contributed by atoms with Gasteiger partial charge < -0.3 is 15.0 Å². The van der Waals surface area contributed by atoms with Crippen molar-refractivity contribution in [2.24, 2.45) is 5.92 Å². The molecule has 2 aliphatic rings. The number of hydrogen-bond acceptors (Lipinski definition) is 4. The lowest BCUT2D eigenvalue weighted by molar-refractivity contribution is 0.0407. The largest absolute Gasteiger partial charge is 0.396 e. The number of nitrogens with zero attached hydrogens (tertiary/aromatic N) is 3. The van der Waals surface area contributed by atoms with E-state index in [-0.39, 0.29) is 18.6 Å². The van der Waals surface area contributed by atoms with Gasteiger partial charge in [-0.2, -0.15) is 0 Å². The minimum atomic E-state index is 0.0789. The SMILES string of the molecule is O=C(c1ccc(-c2cnc[nH]2)cc1)N1CCN(CC2CC2)C(CCO)C1. The van der Waals surface area contributed by atoms with E-state index >= 15 is 0 Å². The summed E-state index contributed by atoms with van der Waals surface area (Å²) in [7, 11) is 0. The number of piperazine rings is 1. The normalized spacial score (nSPS) is 21.1. The Bertz CT molecular complexity index is 725. The third-order valence-electron chi connectivity index (χ3n) is 5.48. The Kier molecular flexibility index (Phi) is 5.04. The molecule has 6 heteroatoms. The van der Waals surface area contributed by atoms with Crippen LogP contribution in [0.4, 0.5) is 0 Å². The number of rotatable bonds is 6. The van der Waals surface area contributed by atoms with Crippen LogP contribution in [0.15, 0.2) is 36.8 Å². The molecule has 1 saturated heterocycles. The zero-order valence-corrected chi connectivity index (χ0v) is 15.0. The molecule has 1 unspecified atom stereocenters. The molecule has 26 heavy (non-hydrogen) atoms. The summed E-state index contributed by atoms with van der Waals surface area (Å²) in [6, 6.07) is 7.94. The molecule has 0 radical (unpaired) electrons. The van der Waals surface area contributed by atoms with Crippen LogP contribution in [0.3, 0.4) is 0 Å². The van der Waals surface area contributed by atoms with Crippen LogP contribution in [0.5, 0.6) is 0 Å². The zero-order chi connectivity index (χ0) is 17.9. The van der Waals surface area contributed by atoms with Crippen molar-refractivity contribution in [1.29, 1.82) is 0 Å². The van der Waals surface area contributed by atoms with Gasteiger partial charge in [0.1, 0.15) is 0 Å². The molecule has 1 aliphatic heterocycles. The first-order valence-electron chi connectivity index (χ1n) is 9.47. The predicted octanol–water partition coefficient (Wildman–Crippen LogP) is 2.00. The Labute approximate surface area is 153 Å². The highest BCUT2D eigenvalue weighted by Gasteiger charge is 2.33. The van der Waals surface area contributed by atoms with Crippen molar-refractivity contribution in [1.82, 2.24) is 19.8 Å². The Morgan fingerprint density at radius 3 is 2.69 bits per heavy atom. The van der Waals surface area contributed by atoms with E-state index < -0.39 is 0 Å². The fraction of sp³-hybridized carbons (Fsp3) is 0.500. The third-order valence-corrected chi connectivity index (χ3v) is 5.48. The summed E-state index contributed by atoms with van der Waals surface area (Å²) < 4.78 is 0. The van der Waals surface area contributed by atoms with Crippen molar-refractivity contribution >= 4 is 5.91 Å². The fourth-order valence-electron chi connectivity index (χ4n) is 3.76. The maximum absolute atomic E-state index is 12.9. The summed E-state index contributed by atoms with van der Waals surface area (Å²) in [6.45, 7) is 3.65. The molecule has 2 aromatic rings. The smallest absolute Gasteiger partial charge is 0.253 e. The number of benzene rings is 1. The summed E-state index contributed by atoms with van der Waals surface area (Å²) in [5.41, 5.74) is 2.68. The molecular weight excluding hydrogens is 328 g/mol. The molecule has 1 saturated carbocycles. The molecule has 2 N–H and O–H groups in total. The molecular formula is C20H26N4O2. The molecule has 1 amide bonds. The molecule has 2 heterocycles. The van der Waals surface area contributed by atoms with Crippen molar-refractivity contribution in [2.45, 2.75) is 25.3 Å². The zero-order valence-electron chi connectivity index (χ0n) is 15.0. The van der Waals surface area contributed by atoms with Crippen molar-refractivity contribution < 1.29 is 9.90 Å². The number of amides is 1. The standard InChI is InChI=1S/C20H26N4O2/c25-10-7-18-13-24(9-8-23(18)12-15-1-2-15)20(26)17-5-3-16(4-6-17)19-11-21-14-22-19/h3-6,11,14-15,18,25H,1-2,7-10,12-13H2,(H,21,22). The lowest BCUT2D eigenvalue weighted by Gasteiger charge is -2.41. The van der Waals surface area contributed by atoms with Crippen LogP contribution >= 0.6 is 0 Å².